The van der Waals surface area contributed by atoms with Crippen molar-refractivity contribution in [2.75, 3.05) is 7.11 Å². The van der Waals surface area contributed by atoms with Crippen molar-refractivity contribution in [2.45, 2.75) is 46.0 Å². The lowest BCUT2D eigenvalue weighted by atomic mass is 9.99. The summed E-state index contributed by atoms with van der Waals surface area (Å²) in [4.78, 5) is 11.1. The molecule has 2 nitrogen and oxygen atoms in total. The number of ether oxygens (including phenoxy) is 1. The second kappa shape index (κ2) is 9.85. The van der Waals surface area contributed by atoms with Crippen molar-refractivity contribution in [1.29, 1.82) is 0 Å². The molecule has 0 rings (SSSR count). The number of rotatable bonds is 6. The predicted molar refractivity (Wildman–Crippen MR) is 57.2 cm³/mol. The van der Waals surface area contributed by atoms with Crippen LogP contribution in [0.4, 0.5) is 0 Å². The topological polar surface area (TPSA) is 26.3 Å². The molecule has 0 heterocycles. The lowest BCUT2D eigenvalue weighted by Gasteiger charge is -2.10. The average molecular weight is 209 g/mol. The third-order valence-electron chi connectivity index (χ3n) is 2.18. The van der Waals surface area contributed by atoms with E-state index in [9.17, 15) is 4.79 Å². The van der Waals surface area contributed by atoms with Gasteiger partial charge in [-0.3, -0.25) is 4.79 Å². The molecule has 1 atom stereocenters. The minimum atomic E-state index is -0.0476. The largest absolute Gasteiger partial charge is 0.469 e. The van der Waals surface area contributed by atoms with Gasteiger partial charge >= 0.3 is 5.97 Å². The Balaban J connectivity index is 0. The average Bonchev–Trinajstić information content (AvgIpc) is 2.11. The first-order valence-electron chi connectivity index (χ1n) is 4.84. The molecule has 0 aliphatic heterocycles. The first-order valence-corrected chi connectivity index (χ1v) is 4.84. The van der Waals surface area contributed by atoms with Gasteiger partial charge in [0.25, 0.3) is 0 Å². The maximum atomic E-state index is 11.1. The highest BCUT2D eigenvalue weighted by molar-refractivity contribution is 5.85. The van der Waals surface area contributed by atoms with Crippen molar-refractivity contribution in [3.8, 4) is 0 Å². The van der Waals surface area contributed by atoms with Crippen molar-refractivity contribution in [3.63, 3.8) is 0 Å². The second-order valence-corrected chi connectivity index (χ2v) is 3.12. The smallest absolute Gasteiger partial charge is 0.308 e. The quantitative estimate of drug-likeness (QED) is 0.495. The number of carbonyl (C=O) groups excluding carboxylic acids is 1. The number of carbonyl (C=O) groups is 1. The van der Waals surface area contributed by atoms with Crippen LogP contribution in [0.2, 0.25) is 0 Å². The van der Waals surface area contributed by atoms with E-state index in [1.807, 2.05) is 6.92 Å². The fourth-order valence-electron chi connectivity index (χ4n) is 1.30. The van der Waals surface area contributed by atoms with E-state index in [-0.39, 0.29) is 24.3 Å². The summed E-state index contributed by atoms with van der Waals surface area (Å²) < 4.78 is 4.69. The van der Waals surface area contributed by atoms with Gasteiger partial charge in [0.1, 0.15) is 0 Å². The van der Waals surface area contributed by atoms with Crippen LogP contribution in [0.25, 0.3) is 0 Å². The first-order chi connectivity index (χ1) is 5.76. The number of methoxy groups -OCH3 is 1. The lowest BCUT2D eigenvalue weighted by molar-refractivity contribution is -0.145. The summed E-state index contributed by atoms with van der Waals surface area (Å²) >= 11 is 0. The maximum Gasteiger partial charge on any atom is 0.308 e. The molecule has 0 aromatic rings. The minimum Gasteiger partial charge on any atom is -0.469 e. The molecular weight excluding hydrogens is 188 g/mol. The molecule has 0 fully saturated rings. The Morgan fingerprint density at radius 2 is 1.92 bits per heavy atom. The van der Waals surface area contributed by atoms with Crippen LogP contribution < -0.4 is 0 Å². The molecule has 0 radical (unpaired) electrons. The number of halogens is 1. The zero-order valence-electron chi connectivity index (χ0n) is 8.84. The Bertz CT molecular complexity index is 126. The first kappa shape index (κ1) is 15.2. The van der Waals surface area contributed by atoms with E-state index >= 15 is 0 Å². The Kier molecular flexibility index (Phi) is 11.5. The van der Waals surface area contributed by atoms with Crippen molar-refractivity contribution in [2.24, 2.45) is 5.92 Å². The third-order valence-corrected chi connectivity index (χ3v) is 2.18. The fourth-order valence-corrected chi connectivity index (χ4v) is 1.30. The van der Waals surface area contributed by atoms with Gasteiger partial charge in [-0.25, -0.2) is 0 Å². The van der Waals surface area contributed by atoms with Crippen LogP contribution in [-0.4, -0.2) is 13.1 Å². The Hall–Kier alpha value is -0.240. The van der Waals surface area contributed by atoms with Gasteiger partial charge in [0.2, 0.25) is 0 Å². The van der Waals surface area contributed by atoms with E-state index in [1.54, 1.807) is 0 Å². The highest BCUT2D eigenvalue weighted by Gasteiger charge is 2.15. The summed E-state index contributed by atoms with van der Waals surface area (Å²) in [6, 6.07) is 0. The van der Waals surface area contributed by atoms with Gasteiger partial charge in [-0.05, 0) is 12.8 Å². The van der Waals surface area contributed by atoms with E-state index in [0.29, 0.717) is 0 Å². The summed E-state index contributed by atoms with van der Waals surface area (Å²) in [5, 5.41) is 0. The predicted octanol–water partition coefficient (Wildman–Crippen LogP) is 3.19. The van der Waals surface area contributed by atoms with Gasteiger partial charge in [-0.1, -0.05) is 33.1 Å². The van der Waals surface area contributed by atoms with Crippen LogP contribution in [0.15, 0.2) is 0 Å². The molecule has 0 aromatic carbocycles. The maximum absolute atomic E-state index is 11.1. The van der Waals surface area contributed by atoms with Crippen LogP contribution in [0.3, 0.4) is 0 Å². The van der Waals surface area contributed by atoms with E-state index in [0.717, 1.165) is 19.3 Å². The van der Waals surface area contributed by atoms with E-state index in [4.69, 9.17) is 4.74 Å². The number of hydrogen-bond acceptors (Lipinski definition) is 2. The normalized spacial score (nSPS) is 11.6. The Morgan fingerprint density at radius 1 is 1.31 bits per heavy atom. The van der Waals surface area contributed by atoms with Gasteiger partial charge < -0.3 is 4.74 Å². The molecule has 0 aromatic heterocycles. The van der Waals surface area contributed by atoms with Crippen LogP contribution in [0.5, 0.6) is 0 Å². The van der Waals surface area contributed by atoms with Crippen LogP contribution >= 0.6 is 12.4 Å². The highest BCUT2D eigenvalue weighted by Crippen LogP contribution is 2.14. The summed E-state index contributed by atoms with van der Waals surface area (Å²) in [5.74, 6) is 0.0788. The van der Waals surface area contributed by atoms with Gasteiger partial charge in [-0.2, -0.15) is 0 Å². The molecule has 0 spiro atoms. The van der Waals surface area contributed by atoms with Crippen molar-refractivity contribution in [1.82, 2.24) is 0 Å². The van der Waals surface area contributed by atoms with Gasteiger partial charge in [0.05, 0.1) is 13.0 Å². The molecule has 13 heavy (non-hydrogen) atoms. The van der Waals surface area contributed by atoms with E-state index in [1.165, 1.54) is 20.0 Å². The minimum absolute atomic E-state index is 0. The molecular formula is C10H21ClO2. The fraction of sp³-hybridized carbons (Fsp3) is 0.900. The van der Waals surface area contributed by atoms with Crippen LogP contribution in [0, 0.1) is 5.92 Å². The highest BCUT2D eigenvalue weighted by atomic mass is 35.5. The van der Waals surface area contributed by atoms with E-state index < -0.39 is 0 Å². The summed E-state index contributed by atoms with van der Waals surface area (Å²) in [6.45, 7) is 4.20. The zero-order chi connectivity index (χ0) is 9.40. The number of unbranched alkanes of at least 4 members (excludes halogenated alkanes) is 2. The number of hydrogen-bond donors (Lipinski definition) is 0. The van der Waals surface area contributed by atoms with Gasteiger partial charge in [0.15, 0.2) is 0 Å². The Labute approximate surface area is 87.5 Å². The van der Waals surface area contributed by atoms with Gasteiger partial charge in [-0.15, -0.1) is 12.4 Å². The van der Waals surface area contributed by atoms with E-state index in [2.05, 4.69) is 6.92 Å². The van der Waals surface area contributed by atoms with Crippen molar-refractivity contribution < 1.29 is 9.53 Å². The summed E-state index contributed by atoms with van der Waals surface area (Å²) in [6.07, 6.45) is 5.45. The molecule has 1 unspecified atom stereocenters. The lowest BCUT2D eigenvalue weighted by Crippen LogP contribution is -2.15. The summed E-state index contributed by atoms with van der Waals surface area (Å²) in [7, 11) is 1.46. The third kappa shape index (κ3) is 6.88. The molecule has 0 aliphatic carbocycles. The SMILES string of the molecule is CCCCCC(CC)C(=O)OC.Cl. The van der Waals surface area contributed by atoms with Gasteiger partial charge in [0, 0.05) is 0 Å². The Morgan fingerprint density at radius 3 is 2.31 bits per heavy atom. The zero-order valence-corrected chi connectivity index (χ0v) is 9.65. The van der Waals surface area contributed by atoms with Crippen LogP contribution in [0.1, 0.15) is 46.0 Å². The molecule has 0 bridgehead atoms. The molecule has 80 valence electrons. The standard InChI is InChI=1S/C10H20O2.ClH/c1-4-6-7-8-9(5-2)10(11)12-3;/h9H,4-8H2,1-3H3;1H. The molecule has 0 saturated heterocycles. The van der Waals surface area contributed by atoms with Crippen LogP contribution in [-0.2, 0) is 9.53 Å². The molecule has 0 amide bonds. The molecule has 0 saturated carbocycles. The number of esters is 1. The second-order valence-electron chi connectivity index (χ2n) is 3.12. The van der Waals surface area contributed by atoms with Crippen molar-refractivity contribution >= 4 is 18.4 Å². The summed E-state index contributed by atoms with van der Waals surface area (Å²) in [5.41, 5.74) is 0. The van der Waals surface area contributed by atoms with Crippen molar-refractivity contribution in [3.05, 3.63) is 0 Å². The molecule has 3 heteroatoms. The monoisotopic (exact) mass is 208 g/mol. The molecule has 0 N–H and O–H groups in total. The molecule has 0 aliphatic rings.